The molecule has 0 atom stereocenters. The lowest BCUT2D eigenvalue weighted by Crippen LogP contribution is -2.29. The second kappa shape index (κ2) is 10.3. The van der Waals surface area contributed by atoms with Crippen molar-refractivity contribution in [2.45, 2.75) is 26.3 Å². The van der Waals surface area contributed by atoms with E-state index in [0.29, 0.717) is 13.0 Å². The van der Waals surface area contributed by atoms with Crippen molar-refractivity contribution in [3.63, 3.8) is 0 Å². The van der Waals surface area contributed by atoms with Gasteiger partial charge < -0.3 is 20.7 Å². The molecular formula is C16H27N3O2. The van der Waals surface area contributed by atoms with E-state index in [4.69, 9.17) is 10.5 Å². The van der Waals surface area contributed by atoms with Crippen LogP contribution in [-0.4, -0.2) is 44.2 Å². The number of carbonyl (C=O) groups excluding carboxylic acids is 1. The van der Waals surface area contributed by atoms with Gasteiger partial charge in [0.25, 0.3) is 0 Å². The largest absolute Gasteiger partial charge is 0.383 e. The number of anilines is 1. The van der Waals surface area contributed by atoms with Crippen LogP contribution in [0.15, 0.2) is 24.3 Å². The molecule has 1 aromatic rings. The summed E-state index contributed by atoms with van der Waals surface area (Å²) in [4.78, 5) is 14.2. The third-order valence-electron chi connectivity index (χ3n) is 3.41. The van der Waals surface area contributed by atoms with Gasteiger partial charge in [-0.25, -0.2) is 0 Å². The Morgan fingerprint density at radius 2 is 2.00 bits per heavy atom. The number of methoxy groups -OCH3 is 1. The van der Waals surface area contributed by atoms with Gasteiger partial charge in [-0.15, -0.1) is 0 Å². The number of ether oxygens (including phenoxy) is 1. The van der Waals surface area contributed by atoms with Crippen molar-refractivity contribution in [3.8, 4) is 0 Å². The first-order valence-electron chi connectivity index (χ1n) is 7.49. The maximum Gasteiger partial charge on any atom is 0.224 e. The van der Waals surface area contributed by atoms with Gasteiger partial charge in [0.1, 0.15) is 0 Å². The number of hydrogen-bond acceptors (Lipinski definition) is 4. The number of nitrogens with two attached hydrogens (primary N) is 1. The minimum atomic E-state index is 0.0540. The summed E-state index contributed by atoms with van der Waals surface area (Å²) < 4.78 is 5.07. The second-order valence-corrected chi connectivity index (χ2v) is 4.98. The molecule has 1 rings (SSSR count). The van der Waals surface area contributed by atoms with Crippen molar-refractivity contribution in [2.75, 3.05) is 38.7 Å². The number of hydrogen-bond donors (Lipinski definition) is 2. The van der Waals surface area contributed by atoms with Gasteiger partial charge in [0.05, 0.1) is 6.61 Å². The lowest BCUT2D eigenvalue weighted by atomic mass is 10.2. The van der Waals surface area contributed by atoms with Crippen LogP contribution in [0, 0.1) is 0 Å². The summed E-state index contributed by atoms with van der Waals surface area (Å²) in [5, 5.41) is 2.91. The van der Waals surface area contributed by atoms with Crippen LogP contribution in [0.2, 0.25) is 0 Å². The number of rotatable bonds is 10. The fraction of sp³-hybridized carbons (Fsp3) is 0.562. The third kappa shape index (κ3) is 7.22. The molecule has 21 heavy (non-hydrogen) atoms. The summed E-state index contributed by atoms with van der Waals surface area (Å²) in [6.45, 7) is 6.17. The Balaban J connectivity index is 2.26. The Kier molecular flexibility index (Phi) is 8.66. The summed E-state index contributed by atoms with van der Waals surface area (Å²) in [5.74, 6) is 0.0540. The molecule has 0 fully saturated rings. The van der Waals surface area contributed by atoms with E-state index in [-0.39, 0.29) is 5.91 Å². The highest BCUT2D eigenvalue weighted by Gasteiger charge is 2.05. The molecule has 0 saturated heterocycles. The van der Waals surface area contributed by atoms with Gasteiger partial charge in [0.2, 0.25) is 5.91 Å². The maximum atomic E-state index is 11.9. The molecule has 5 heteroatoms. The topological polar surface area (TPSA) is 67.6 Å². The van der Waals surface area contributed by atoms with Gasteiger partial charge in [-0.1, -0.05) is 19.1 Å². The van der Waals surface area contributed by atoms with Crippen molar-refractivity contribution in [2.24, 2.45) is 5.73 Å². The molecule has 0 spiro atoms. The summed E-state index contributed by atoms with van der Waals surface area (Å²) >= 11 is 0. The molecule has 1 aromatic carbocycles. The minimum Gasteiger partial charge on any atom is -0.383 e. The standard InChI is InChI=1S/C16H27N3O2/c1-3-19(11-12-21-2)10-4-5-16(20)18-15-8-6-14(13-17)7-9-15/h6-9H,3-5,10-13,17H2,1-2H3,(H,18,20). The summed E-state index contributed by atoms with van der Waals surface area (Å²) in [6.07, 6.45) is 1.38. The van der Waals surface area contributed by atoms with E-state index in [9.17, 15) is 4.79 Å². The number of amides is 1. The van der Waals surface area contributed by atoms with Gasteiger partial charge in [-0.05, 0) is 37.2 Å². The Morgan fingerprint density at radius 1 is 1.29 bits per heavy atom. The van der Waals surface area contributed by atoms with Crippen molar-refractivity contribution in [1.29, 1.82) is 0 Å². The third-order valence-corrected chi connectivity index (χ3v) is 3.41. The Morgan fingerprint density at radius 3 is 2.57 bits per heavy atom. The monoisotopic (exact) mass is 293 g/mol. The average molecular weight is 293 g/mol. The number of nitrogens with one attached hydrogen (secondary N) is 1. The van der Waals surface area contributed by atoms with Crippen molar-refractivity contribution < 1.29 is 9.53 Å². The van der Waals surface area contributed by atoms with Crippen molar-refractivity contribution in [3.05, 3.63) is 29.8 Å². The van der Waals surface area contributed by atoms with Crippen LogP contribution in [0.25, 0.3) is 0 Å². The summed E-state index contributed by atoms with van der Waals surface area (Å²) in [5.41, 5.74) is 7.43. The summed E-state index contributed by atoms with van der Waals surface area (Å²) in [6, 6.07) is 7.63. The molecule has 0 saturated carbocycles. The van der Waals surface area contributed by atoms with Gasteiger partial charge in [0.15, 0.2) is 0 Å². The normalized spacial score (nSPS) is 10.9. The predicted molar refractivity (Wildman–Crippen MR) is 86.2 cm³/mol. The van der Waals surface area contributed by atoms with Gasteiger partial charge in [0, 0.05) is 32.3 Å². The van der Waals surface area contributed by atoms with E-state index in [1.165, 1.54) is 0 Å². The quantitative estimate of drug-likeness (QED) is 0.690. The molecule has 0 heterocycles. The van der Waals surface area contributed by atoms with E-state index in [1.54, 1.807) is 7.11 Å². The molecule has 3 N–H and O–H groups in total. The highest BCUT2D eigenvalue weighted by Crippen LogP contribution is 2.10. The van der Waals surface area contributed by atoms with Crippen LogP contribution in [0.1, 0.15) is 25.3 Å². The van der Waals surface area contributed by atoms with Crippen LogP contribution < -0.4 is 11.1 Å². The van der Waals surface area contributed by atoms with Crippen LogP contribution in [0.5, 0.6) is 0 Å². The second-order valence-electron chi connectivity index (χ2n) is 4.98. The number of nitrogens with zero attached hydrogens (tertiary/aromatic N) is 1. The highest BCUT2D eigenvalue weighted by atomic mass is 16.5. The first kappa shape index (κ1) is 17.6. The molecule has 118 valence electrons. The van der Waals surface area contributed by atoms with Crippen molar-refractivity contribution in [1.82, 2.24) is 4.90 Å². The van der Waals surface area contributed by atoms with Crippen LogP contribution in [0.4, 0.5) is 5.69 Å². The van der Waals surface area contributed by atoms with Crippen LogP contribution in [-0.2, 0) is 16.1 Å². The Labute approximate surface area is 127 Å². The molecule has 0 aliphatic heterocycles. The number of carbonyl (C=O) groups is 1. The SMILES string of the molecule is CCN(CCCC(=O)Nc1ccc(CN)cc1)CCOC. The van der Waals surface area contributed by atoms with Crippen LogP contribution in [0.3, 0.4) is 0 Å². The molecule has 5 nitrogen and oxygen atoms in total. The lowest BCUT2D eigenvalue weighted by molar-refractivity contribution is -0.116. The fourth-order valence-electron chi connectivity index (χ4n) is 2.06. The molecule has 0 aliphatic carbocycles. The average Bonchev–Trinajstić information content (AvgIpc) is 2.51. The number of benzene rings is 1. The zero-order valence-electron chi connectivity index (χ0n) is 13.1. The molecule has 0 radical (unpaired) electrons. The zero-order chi connectivity index (χ0) is 15.5. The van der Waals surface area contributed by atoms with Crippen LogP contribution >= 0.6 is 0 Å². The molecule has 0 aromatic heterocycles. The predicted octanol–water partition coefficient (Wildman–Crippen LogP) is 1.83. The maximum absolute atomic E-state index is 11.9. The molecule has 1 amide bonds. The van der Waals surface area contributed by atoms with E-state index in [1.807, 2.05) is 24.3 Å². The minimum absolute atomic E-state index is 0.0540. The summed E-state index contributed by atoms with van der Waals surface area (Å²) in [7, 11) is 1.71. The smallest absolute Gasteiger partial charge is 0.224 e. The first-order valence-corrected chi connectivity index (χ1v) is 7.49. The van der Waals surface area contributed by atoms with E-state index < -0.39 is 0 Å². The molecular weight excluding hydrogens is 266 g/mol. The van der Waals surface area contributed by atoms with Gasteiger partial charge in [-0.2, -0.15) is 0 Å². The van der Waals surface area contributed by atoms with E-state index >= 15 is 0 Å². The lowest BCUT2D eigenvalue weighted by Gasteiger charge is -2.19. The zero-order valence-corrected chi connectivity index (χ0v) is 13.1. The van der Waals surface area contributed by atoms with Crippen molar-refractivity contribution >= 4 is 11.6 Å². The molecule has 0 aliphatic rings. The Hall–Kier alpha value is -1.43. The molecule has 0 bridgehead atoms. The Bertz CT molecular complexity index is 406. The first-order chi connectivity index (χ1) is 10.2. The molecule has 0 unspecified atom stereocenters. The van der Waals surface area contributed by atoms with E-state index in [2.05, 4.69) is 17.1 Å². The van der Waals surface area contributed by atoms with Gasteiger partial charge >= 0.3 is 0 Å². The van der Waals surface area contributed by atoms with Gasteiger partial charge in [-0.3, -0.25) is 4.79 Å². The number of likely N-dealkylation sites (N-methyl/N-ethyl adjacent to an activating group) is 1. The van der Waals surface area contributed by atoms with E-state index in [0.717, 1.165) is 43.9 Å². The highest BCUT2D eigenvalue weighted by molar-refractivity contribution is 5.90. The fourth-order valence-corrected chi connectivity index (χ4v) is 2.06.